The van der Waals surface area contributed by atoms with E-state index < -0.39 is 5.97 Å². The van der Waals surface area contributed by atoms with Gasteiger partial charge >= 0.3 is 5.97 Å². The summed E-state index contributed by atoms with van der Waals surface area (Å²) in [6, 6.07) is 11.3. The summed E-state index contributed by atoms with van der Waals surface area (Å²) in [6.07, 6.45) is 5.00. The molecule has 0 saturated carbocycles. The zero-order chi connectivity index (χ0) is 13.7. The molecule has 0 aliphatic carbocycles. The van der Waals surface area contributed by atoms with E-state index in [1.165, 1.54) is 12.1 Å². The third-order valence-electron chi connectivity index (χ3n) is 2.30. The zero-order valence-corrected chi connectivity index (χ0v) is 9.95. The summed E-state index contributed by atoms with van der Waals surface area (Å²) < 4.78 is 5.89. The largest absolute Gasteiger partial charge is 0.448 e. The Morgan fingerprint density at radius 3 is 2.68 bits per heavy atom. The topological polar surface area (TPSA) is 61.2 Å². The number of hydrogen-bond donors (Lipinski definition) is 0. The predicted octanol–water partition coefficient (Wildman–Crippen LogP) is 1.02. The van der Waals surface area contributed by atoms with E-state index in [0.29, 0.717) is 5.69 Å². The van der Waals surface area contributed by atoms with E-state index in [1.54, 1.807) is 24.3 Å². The Morgan fingerprint density at radius 2 is 2.00 bits per heavy atom. The highest BCUT2D eigenvalue weighted by atomic mass is 16.5. The Morgan fingerprint density at radius 1 is 1.26 bits per heavy atom. The van der Waals surface area contributed by atoms with E-state index in [4.69, 9.17) is 11.2 Å². The number of aromatic nitrogens is 2. The SMILES string of the molecule is C#CCOC(=O)c1ccc(=O)n(-c2ccccc2)n1. The van der Waals surface area contributed by atoms with Gasteiger partial charge < -0.3 is 4.74 Å². The molecule has 2 aromatic rings. The molecule has 0 aliphatic heterocycles. The summed E-state index contributed by atoms with van der Waals surface area (Å²) >= 11 is 0. The first-order valence-corrected chi connectivity index (χ1v) is 5.49. The van der Waals surface area contributed by atoms with Crippen molar-refractivity contribution < 1.29 is 9.53 Å². The number of terminal acetylenes is 1. The molecule has 0 N–H and O–H groups in total. The minimum atomic E-state index is -0.664. The Labute approximate surface area is 109 Å². The number of para-hydroxylation sites is 1. The fraction of sp³-hybridized carbons (Fsp3) is 0.0714. The Balaban J connectivity index is 2.39. The fourth-order valence-corrected chi connectivity index (χ4v) is 1.46. The summed E-state index contributed by atoms with van der Waals surface area (Å²) in [6.45, 7) is -0.134. The Bertz CT molecular complexity index is 684. The summed E-state index contributed by atoms with van der Waals surface area (Å²) in [5, 5.41) is 3.96. The molecule has 1 heterocycles. The molecule has 0 fully saturated rings. The van der Waals surface area contributed by atoms with Crippen LogP contribution in [0.15, 0.2) is 47.3 Å². The molecule has 2 rings (SSSR count). The molecule has 19 heavy (non-hydrogen) atoms. The summed E-state index contributed by atoms with van der Waals surface area (Å²) in [5.74, 6) is 1.52. The number of nitrogens with zero attached hydrogens (tertiary/aromatic N) is 2. The van der Waals surface area contributed by atoms with E-state index in [2.05, 4.69) is 11.0 Å². The third-order valence-corrected chi connectivity index (χ3v) is 2.30. The number of rotatable bonds is 3. The van der Waals surface area contributed by atoms with Crippen LogP contribution in [0.1, 0.15) is 10.5 Å². The molecule has 0 aliphatic rings. The van der Waals surface area contributed by atoms with E-state index in [9.17, 15) is 9.59 Å². The van der Waals surface area contributed by atoms with Crippen LogP contribution in [0, 0.1) is 12.3 Å². The highest BCUT2D eigenvalue weighted by Gasteiger charge is 2.11. The molecule has 1 aromatic heterocycles. The zero-order valence-electron chi connectivity index (χ0n) is 9.95. The van der Waals surface area contributed by atoms with Crippen molar-refractivity contribution in [3.05, 3.63) is 58.5 Å². The standard InChI is InChI=1S/C14H10N2O3/c1-2-10-19-14(18)12-8-9-13(17)16(15-12)11-6-4-3-5-7-11/h1,3-9H,10H2. The molecule has 0 radical (unpaired) electrons. The van der Waals surface area contributed by atoms with Crippen molar-refractivity contribution in [1.82, 2.24) is 9.78 Å². The third kappa shape index (κ3) is 2.87. The van der Waals surface area contributed by atoms with Crippen LogP contribution >= 0.6 is 0 Å². The van der Waals surface area contributed by atoms with Gasteiger partial charge in [0, 0.05) is 6.07 Å². The van der Waals surface area contributed by atoms with Gasteiger partial charge in [0.15, 0.2) is 12.3 Å². The second-order valence-corrected chi connectivity index (χ2v) is 3.58. The highest BCUT2D eigenvalue weighted by Crippen LogP contribution is 2.03. The number of ether oxygens (including phenoxy) is 1. The van der Waals surface area contributed by atoms with Gasteiger partial charge in [-0.1, -0.05) is 24.1 Å². The van der Waals surface area contributed by atoms with E-state index in [-0.39, 0.29) is 17.9 Å². The average molecular weight is 254 g/mol. The Kier molecular flexibility index (Phi) is 3.74. The molecule has 0 atom stereocenters. The Hall–Kier alpha value is -2.87. The maximum Gasteiger partial charge on any atom is 0.359 e. The van der Waals surface area contributed by atoms with Crippen molar-refractivity contribution in [2.45, 2.75) is 0 Å². The molecule has 5 heteroatoms. The molecular weight excluding hydrogens is 244 g/mol. The first-order chi connectivity index (χ1) is 9.22. The van der Waals surface area contributed by atoms with Gasteiger partial charge in [-0.3, -0.25) is 4.79 Å². The van der Waals surface area contributed by atoms with Crippen molar-refractivity contribution in [2.24, 2.45) is 0 Å². The highest BCUT2D eigenvalue weighted by molar-refractivity contribution is 5.87. The summed E-state index contributed by atoms with van der Waals surface area (Å²) in [5.41, 5.74) is 0.262. The quantitative estimate of drug-likeness (QED) is 0.606. The lowest BCUT2D eigenvalue weighted by Gasteiger charge is -2.05. The molecule has 94 valence electrons. The summed E-state index contributed by atoms with van der Waals surface area (Å²) in [4.78, 5) is 23.3. The number of benzene rings is 1. The lowest BCUT2D eigenvalue weighted by Crippen LogP contribution is -2.23. The lowest BCUT2D eigenvalue weighted by molar-refractivity contribution is 0.0547. The lowest BCUT2D eigenvalue weighted by atomic mass is 10.3. The van der Waals surface area contributed by atoms with E-state index in [0.717, 1.165) is 4.68 Å². The average Bonchev–Trinajstić information content (AvgIpc) is 2.46. The first kappa shape index (κ1) is 12.6. The monoisotopic (exact) mass is 254 g/mol. The van der Waals surface area contributed by atoms with Crippen molar-refractivity contribution in [2.75, 3.05) is 6.61 Å². The van der Waals surface area contributed by atoms with Crippen LogP contribution in [-0.4, -0.2) is 22.4 Å². The molecule has 5 nitrogen and oxygen atoms in total. The number of carbonyl (C=O) groups excluding carboxylic acids is 1. The van der Waals surface area contributed by atoms with Gasteiger partial charge in [0.1, 0.15) is 0 Å². The van der Waals surface area contributed by atoms with Crippen molar-refractivity contribution in [3.63, 3.8) is 0 Å². The maximum atomic E-state index is 11.7. The maximum absolute atomic E-state index is 11.7. The second-order valence-electron chi connectivity index (χ2n) is 3.58. The van der Waals surface area contributed by atoms with Crippen LogP contribution in [0.25, 0.3) is 5.69 Å². The van der Waals surface area contributed by atoms with Gasteiger partial charge in [-0.2, -0.15) is 9.78 Å². The molecule has 0 spiro atoms. The van der Waals surface area contributed by atoms with Gasteiger partial charge in [-0.25, -0.2) is 4.79 Å². The van der Waals surface area contributed by atoms with Crippen molar-refractivity contribution >= 4 is 5.97 Å². The molecule has 1 aromatic carbocycles. The van der Waals surface area contributed by atoms with Gasteiger partial charge in [-0.15, -0.1) is 6.42 Å². The molecule has 0 saturated heterocycles. The van der Waals surface area contributed by atoms with Crippen LogP contribution in [0.4, 0.5) is 0 Å². The van der Waals surface area contributed by atoms with Gasteiger partial charge in [0.2, 0.25) is 0 Å². The molecule has 0 unspecified atom stereocenters. The number of esters is 1. The van der Waals surface area contributed by atoms with Gasteiger partial charge in [0.05, 0.1) is 5.69 Å². The van der Waals surface area contributed by atoms with E-state index >= 15 is 0 Å². The minimum Gasteiger partial charge on any atom is -0.448 e. The van der Waals surface area contributed by atoms with Crippen LogP contribution in [-0.2, 0) is 4.74 Å². The van der Waals surface area contributed by atoms with Crippen LogP contribution in [0.2, 0.25) is 0 Å². The molecular formula is C14H10N2O3. The van der Waals surface area contributed by atoms with Gasteiger partial charge in [-0.05, 0) is 18.2 Å². The smallest absolute Gasteiger partial charge is 0.359 e. The summed E-state index contributed by atoms with van der Waals surface area (Å²) in [7, 11) is 0. The van der Waals surface area contributed by atoms with Gasteiger partial charge in [0.25, 0.3) is 5.56 Å². The normalized spacial score (nSPS) is 9.63. The molecule has 0 bridgehead atoms. The van der Waals surface area contributed by atoms with E-state index in [1.807, 2.05) is 6.07 Å². The first-order valence-electron chi connectivity index (χ1n) is 5.49. The molecule has 0 amide bonds. The second kappa shape index (κ2) is 5.65. The number of carbonyl (C=O) groups is 1. The number of hydrogen-bond acceptors (Lipinski definition) is 4. The van der Waals surface area contributed by atoms with Crippen LogP contribution in [0.5, 0.6) is 0 Å². The van der Waals surface area contributed by atoms with Crippen LogP contribution < -0.4 is 5.56 Å². The minimum absolute atomic E-state index is 0.0266. The van der Waals surface area contributed by atoms with Crippen molar-refractivity contribution in [1.29, 1.82) is 0 Å². The fourth-order valence-electron chi connectivity index (χ4n) is 1.46. The van der Waals surface area contributed by atoms with Crippen molar-refractivity contribution in [3.8, 4) is 18.0 Å². The predicted molar refractivity (Wildman–Crippen MR) is 68.9 cm³/mol. The van der Waals surface area contributed by atoms with Crippen LogP contribution in [0.3, 0.4) is 0 Å².